The topological polar surface area (TPSA) is 60.2 Å². The van der Waals surface area contributed by atoms with Gasteiger partial charge >= 0.3 is 0 Å². The second kappa shape index (κ2) is 8.17. The maximum Gasteiger partial charge on any atom is 0.228 e. The molecule has 0 saturated heterocycles. The number of fused-ring (bicyclic) bond motifs is 1. The fourth-order valence-corrected chi connectivity index (χ4v) is 5.53. The number of sulfone groups is 1. The predicted octanol–water partition coefficient (Wildman–Crippen LogP) is 8.11. The summed E-state index contributed by atoms with van der Waals surface area (Å²) >= 11 is 16.1. The van der Waals surface area contributed by atoms with E-state index in [1.165, 1.54) is 0 Å². The monoisotopic (exact) mass is 551 g/mol. The zero-order valence-corrected chi connectivity index (χ0v) is 21.7. The highest BCUT2D eigenvalue weighted by Gasteiger charge is 2.36. The van der Waals surface area contributed by atoms with Crippen molar-refractivity contribution in [1.29, 1.82) is 0 Å². The van der Waals surface area contributed by atoms with Gasteiger partial charge in [0.15, 0.2) is 0 Å². The van der Waals surface area contributed by atoms with E-state index in [1.807, 2.05) is 30.3 Å². The molecule has 0 spiro atoms. The van der Waals surface area contributed by atoms with Gasteiger partial charge in [-0.3, -0.25) is 0 Å². The lowest BCUT2D eigenvalue weighted by Gasteiger charge is -2.17. The Bertz CT molecular complexity index is 1450. The lowest BCUT2D eigenvalue weighted by molar-refractivity contribution is 0.458. The number of halogens is 3. The van der Waals surface area contributed by atoms with E-state index in [-0.39, 0.29) is 10.8 Å². The van der Waals surface area contributed by atoms with Crippen LogP contribution in [0.2, 0.25) is 10.0 Å². The quantitative estimate of drug-likeness (QED) is 0.257. The molecular formula is C24H20BrCl2NO3S. The van der Waals surface area contributed by atoms with Crippen LogP contribution in [-0.4, -0.2) is 18.1 Å². The molecule has 4 aromatic rings. The number of aryl methyl sites for hydroxylation is 1. The summed E-state index contributed by atoms with van der Waals surface area (Å²) < 4.78 is 31.9. The van der Waals surface area contributed by atoms with Gasteiger partial charge in [0.25, 0.3) is 0 Å². The minimum absolute atomic E-state index is 0.0615. The average molecular weight is 553 g/mol. The van der Waals surface area contributed by atoms with Crippen molar-refractivity contribution in [2.75, 3.05) is 0 Å². The second-order valence-corrected chi connectivity index (χ2v) is 12.9. The molecular weight excluding hydrogens is 533 g/mol. The Balaban J connectivity index is 2.07. The second-order valence-electron chi connectivity index (χ2n) is 8.50. The van der Waals surface area contributed by atoms with Gasteiger partial charge in [-0.15, -0.1) is 0 Å². The van der Waals surface area contributed by atoms with E-state index in [2.05, 4.69) is 15.9 Å². The number of rotatable bonds is 3. The number of hydrogen-bond donors (Lipinski definition) is 0. The molecule has 2 aromatic carbocycles. The van der Waals surface area contributed by atoms with E-state index >= 15 is 0 Å². The van der Waals surface area contributed by atoms with Gasteiger partial charge in [-0.1, -0.05) is 57.3 Å². The van der Waals surface area contributed by atoms with Gasteiger partial charge in [-0.25, -0.2) is 13.4 Å². The van der Waals surface area contributed by atoms with Crippen molar-refractivity contribution in [2.45, 2.75) is 37.5 Å². The molecule has 0 fully saturated rings. The smallest absolute Gasteiger partial charge is 0.228 e. The Kier molecular flexibility index (Phi) is 5.95. The summed E-state index contributed by atoms with van der Waals surface area (Å²) in [6, 6.07) is 14.8. The summed E-state index contributed by atoms with van der Waals surface area (Å²) in [5.41, 5.74) is 3.74. The van der Waals surface area contributed by atoms with E-state index in [0.717, 1.165) is 15.6 Å². The first kappa shape index (κ1) is 23.3. The van der Waals surface area contributed by atoms with E-state index in [1.54, 1.807) is 45.9 Å². The Hall–Kier alpha value is -1.86. The number of nitrogens with zero attached hydrogens (tertiary/aromatic N) is 1. The molecule has 4 nitrogen and oxygen atoms in total. The Morgan fingerprint density at radius 1 is 0.969 bits per heavy atom. The number of hydrogen-bond acceptors (Lipinski definition) is 4. The molecule has 0 atom stereocenters. The molecule has 0 amide bonds. The molecule has 0 aliphatic heterocycles. The van der Waals surface area contributed by atoms with Crippen LogP contribution in [0.1, 0.15) is 26.3 Å². The maximum atomic E-state index is 13.1. The molecule has 0 unspecified atom stereocenters. The molecule has 166 valence electrons. The van der Waals surface area contributed by atoms with Crippen LogP contribution in [0, 0.1) is 6.92 Å². The zero-order chi connectivity index (χ0) is 23.4. The molecule has 2 aromatic heterocycles. The van der Waals surface area contributed by atoms with Crippen LogP contribution < -0.4 is 0 Å². The summed E-state index contributed by atoms with van der Waals surface area (Å²) in [5, 5.41) is 1.69. The van der Waals surface area contributed by atoms with Gasteiger partial charge in [0.2, 0.25) is 20.6 Å². The SMILES string of the molecule is Cc1c(S(=O)(=O)C(C)(C)C)oc2nc(-c3ccc(Br)cc3Cl)c(-c3ccc(Cl)cc3)cc12. The van der Waals surface area contributed by atoms with Crippen LogP contribution >= 0.6 is 39.1 Å². The zero-order valence-electron chi connectivity index (χ0n) is 17.8. The van der Waals surface area contributed by atoms with E-state index < -0.39 is 14.6 Å². The van der Waals surface area contributed by atoms with Crippen LogP contribution in [0.5, 0.6) is 0 Å². The first-order chi connectivity index (χ1) is 14.9. The summed E-state index contributed by atoms with van der Waals surface area (Å²) in [6.45, 7) is 6.68. The molecule has 8 heteroatoms. The van der Waals surface area contributed by atoms with Crippen molar-refractivity contribution in [2.24, 2.45) is 0 Å². The van der Waals surface area contributed by atoms with Gasteiger partial charge in [0.1, 0.15) is 0 Å². The van der Waals surface area contributed by atoms with Crippen LogP contribution in [0.15, 0.2) is 62.5 Å². The summed E-state index contributed by atoms with van der Waals surface area (Å²) in [7, 11) is -3.70. The van der Waals surface area contributed by atoms with Gasteiger partial charge in [-0.2, -0.15) is 0 Å². The minimum Gasteiger partial charge on any atom is -0.426 e. The van der Waals surface area contributed by atoms with E-state index in [9.17, 15) is 8.42 Å². The van der Waals surface area contributed by atoms with Crippen molar-refractivity contribution in [1.82, 2.24) is 4.98 Å². The highest BCUT2D eigenvalue weighted by molar-refractivity contribution is 9.10. The van der Waals surface area contributed by atoms with Crippen LogP contribution in [0.3, 0.4) is 0 Å². The average Bonchev–Trinajstić information content (AvgIpc) is 3.03. The molecule has 0 saturated carbocycles. The first-order valence-electron chi connectivity index (χ1n) is 9.80. The Morgan fingerprint density at radius 2 is 1.62 bits per heavy atom. The standard InChI is InChI=1S/C24H20BrCl2NO3S/c1-13-18-12-19(14-5-8-16(26)9-6-14)21(17-10-7-15(25)11-20(17)27)28-22(18)31-23(13)32(29,30)24(2,3)4/h5-12H,1-4H3. The number of pyridine rings is 1. The van der Waals surface area contributed by atoms with Gasteiger partial charge in [-0.05, 0) is 63.6 Å². The van der Waals surface area contributed by atoms with E-state index in [4.69, 9.17) is 32.6 Å². The van der Waals surface area contributed by atoms with Crippen molar-refractivity contribution in [3.05, 3.63) is 68.6 Å². The molecule has 0 N–H and O–H groups in total. The lowest BCUT2D eigenvalue weighted by Crippen LogP contribution is -2.28. The third-order valence-electron chi connectivity index (χ3n) is 5.28. The Labute approximate surface area is 205 Å². The molecule has 0 bridgehead atoms. The summed E-state index contributed by atoms with van der Waals surface area (Å²) in [6.07, 6.45) is 0. The molecule has 0 aliphatic carbocycles. The molecule has 4 rings (SSSR count). The van der Waals surface area contributed by atoms with Gasteiger partial charge in [0.05, 0.1) is 15.5 Å². The van der Waals surface area contributed by atoms with E-state index in [0.29, 0.717) is 32.3 Å². The number of benzene rings is 2. The maximum absolute atomic E-state index is 13.1. The highest BCUT2D eigenvalue weighted by atomic mass is 79.9. The number of aromatic nitrogens is 1. The van der Waals surface area contributed by atoms with Crippen LogP contribution in [-0.2, 0) is 9.84 Å². The summed E-state index contributed by atoms with van der Waals surface area (Å²) in [5.74, 6) is 0. The predicted molar refractivity (Wildman–Crippen MR) is 134 cm³/mol. The fourth-order valence-electron chi connectivity index (χ4n) is 3.39. The molecule has 32 heavy (non-hydrogen) atoms. The van der Waals surface area contributed by atoms with Crippen molar-refractivity contribution < 1.29 is 12.8 Å². The third-order valence-corrected chi connectivity index (χ3v) is 8.83. The molecule has 0 radical (unpaired) electrons. The molecule has 2 heterocycles. The van der Waals surface area contributed by atoms with Crippen molar-refractivity contribution >= 4 is 60.1 Å². The highest BCUT2D eigenvalue weighted by Crippen LogP contribution is 2.41. The lowest BCUT2D eigenvalue weighted by atomic mass is 9.98. The van der Waals surface area contributed by atoms with Crippen molar-refractivity contribution in [3.8, 4) is 22.4 Å². The number of furan rings is 1. The Morgan fingerprint density at radius 3 is 2.22 bits per heavy atom. The van der Waals surface area contributed by atoms with Crippen LogP contribution in [0.4, 0.5) is 0 Å². The minimum atomic E-state index is -3.70. The van der Waals surface area contributed by atoms with Crippen LogP contribution in [0.25, 0.3) is 33.5 Å². The van der Waals surface area contributed by atoms with Gasteiger partial charge < -0.3 is 4.42 Å². The van der Waals surface area contributed by atoms with Gasteiger partial charge in [0, 0.05) is 31.6 Å². The molecule has 0 aliphatic rings. The van der Waals surface area contributed by atoms with Crippen molar-refractivity contribution in [3.63, 3.8) is 0 Å². The summed E-state index contributed by atoms with van der Waals surface area (Å²) in [4.78, 5) is 4.75. The fraction of sp³-hybridized carbons (Fsp3) is 0.208. The third kappa shape index (κ3) is 3.98. The normalized spacial score (nSPS) is 12.5. The first-order valence-corrected chi connectivity index (χ1v) is 12.8. The largest absolute Gasteiger partial charge is 0.426 e.